The number of likely N-dealkylation sites (tertiary alicyclic amines) is 1. The molecule has 7 heteroatoms. The van der Waals surface area contributed by atoms with E-state index in [1.165, 1.54) is 6.07 Å². The van der Waals surface area contributed by atoms with Crippen LogP contribution in [0.4, 0.5) is 4.39 Å². The number of amides is 2. The summed E-state index contributed by atoms with van der Waals surface area (Å²) in [5.41, 5.74) is 1.53. The Hall–Kier alpha value is -3.09. The van der Waals surface area contributed by atoms with Crippen LogP contribution >= 0.6 is 0 Å². The van der Waals surface area contributed by atoms with E-state index in [4.69, 9.17) is 9.47 Å². The predicted molar refractivity (Wildman–Crippen MR) is 104 cm³/mol. The number of rotatable bonds is 7. The second kappa shape index (κ2) is 8.51. The van der Waals surface area contributed by atoms with Crippen molar-refractivity contribution in [1.82, 2.24) is 10.2 Å². The molecule has 2 aromatic carbocycles. The Morgan fingerprint density at radius 1 is 1.17 bits per heavy atom. The summed E-state index contributed by atoms with van der Waals surface area (Å²) in [4.78, 5) is 26.6. The first-order valence-electron chi connectivity index (χ1n) is 9.81. The summed E-state index contributed by atoms with van der Waals surface area (Å²) in [6.07, 6.45) is 2.05. The Kier molecular flexibility index (Phi) is 5.64. The minimum Gasteiger partial charge on any atom is -0.454 e. The molecule has 2 aliphatic heterocycles. The van der Waals surface area contributed by atoms with E-state index in [9.17, 15) is 14.0 Å². The van der Waals surface area contributed by atoms with Crippen LogP contribution in [-0.4, -0.2) is 36.1 Å². The monoisotopic (exact) mass is 398 g/mol. The van der Waals surface area contributed by atoms with Crippen molar-refractivity contribution >= 4 is 11.8 Å². The Bertz CT molecular complexity index is 917. The second-order valence-corrected chi connectivity index (χ2v) is 7.25. The first kappa shape index (κ1) is 19.2. The lowest BCUT2D eigenvalue weighted by molar-refractivity contribution is -0.135. The first-order valence-corrected chi connectivity index (χ1v) is 9.81. The van der Waals surface area contributed by atoms with Gasteiger partial charge in [0.1, 0.15) is 11.9 Å². The number of carbonyl (C=O) groups is 2. The van der Waals surface area contributed by atoms with Crippen LogP contribution in [0.2, 0.25) is 0 Å². The molecule has 1 saturated heterocycles. The molecule has 2 heterocycles. The molecular weight excluding hydrogens is 375 g/mol. The predicted octanol–water partition coefficient (Wildman–Crippen LogP) is 2.79. The van der Waals surface area contributed by atoms with Crippen LogP contribution in [-0.2, 0) is 22.6 Å². The smallest absolute Gasteiger partial charge is 0.242 e. The summed E-state index contributed by atoms with van der Waals surface area (Å²) >= 11 is 0. The molecule has 1 N–H and O–H groups in total. The first-order chi connectivity index (χ1) is 14.1. The Labute approximate surface area is 168 Å². The van der Waals surface area contributed by atoms with E-state index in [2.05, 4.69) is 5.32 Å². The molecule has 2 aliphatic rings. The topological polar surface area (TPSA) is 67.9 Å². The van der Waals surface area contributed by atoms with Gasteiger partial charge < -0.3 is 19.7 Å². The Balaban J connectivity index is 1.31. The zero-order valence-electron chi connectivity index (χ0n) is 16.0. The summed E-state index contributed by atoms with van der Waals surface area (Å²) in [6.45, 7) is 0.984. The molecule has 0 aliphatic carbocycles. The molecule has 29 heavy (non-hydrogen) atoms. The third kappa shape index (κ3) is 4.34. The van der Waals surface area contributed by atoms with E-state index in [1.807, 2.05) is 18.2 Å². The lowest BCUT2D eigenvalue weighted by atomic mass is 10.1. The standard InChI is InChI=1S/C22H23FN2O4/c23-17-6-2-1-4-16(17)5-3-11-24-22(27)18-8-10-21(26)25(18)13-15-7-9-19-20(12-15)29-14-28-19/h1-2,4,6-7,9,12,18H,3,5,8,10-11,13-14H2,(H,24,27). The highest BCUT2D eigenvalue weighted by Gasteiger charge is 2.35. The van der Waals surface area contributed by atoms with Gasteiger partial charge in [-0.15, -0.1) is 0 Å². The van der Waals surface area contributed by atoms with Crippen LogP contribution in [0.15, 0.2) is 42.5 Å². The molecule has 0 bridgehead atoms. The van der Waals surface area contributed by atoms with Crippen LogP contribution < -0.4 is 14.8 Å². The number of hydrogen-bond acceptors (Lipinski definition) is 4. The number of nitrogens with zero attached hydrogens (tertiary/aromatic N) is 1. The third-order valence-corrected chi connectivity index (χ3v) is 5.30. The van der Waals surface area contributed by atoms with Crippen molar-refractivity contribution < 1.29 is 23.5 Å². The fourth-order valence-corrected chi connectivity index (χ4v) is 3.75. The van der Waals surface area contributed by atoms with Crippen molar-refractivity contribution in [3.05, 3.63) is 59.4 Å². The van der Waals surface area contributed by atoms with Gasteiger partial charge in [-0.25, -0.2) is 4.39 Å². The molecule has 0 saturated carbocycles. The van der Waals surface area contributed by atoms with Gasteiger partial charge in [0.2, 0.25) is 18.6 Å². The molecule has 6 nitrogen and oxygen atoms in total. The average Bonchev–Trinajstić information content (AvgIpc) is 3.33. The molecule has 2 aromatic rings. The number of nitrogens with one attached hydrogen (secondary N) is 1. The molecule has 152 valence electrons. The minimum atomic E-state index is -0.485. The lowest BCUT2D eigenvalue weighted by Crippen LogP contribution is -2.44. The van der Waals surface area contributed by atoms with Crippen LogP contribution in [0.3, 0.4) is 0 Å². The van der Waals surface area contributed by atoms with Gasteiger partial charge in [0.15, 0.2) is 11.5 Å². The molecule has 2 amide bonds. The van der Waals surface area contributed by atoms with E-state index in [-0.39, 0.29) is 24.4 Å². The lowest BCUT2D eigenvalue weighted by Gasteiger charge is -2.24. The maximum absolute atomic E-state index is 13.7. The van der Waals surface area contributed by atoms with Gasteiger partial charge in [0, 0.05) is 19.5 Å². The fourth-order valence-electron chi connectivity index (χ4n) is 3.75. The number of hydrogen-bond donors (Lipinski definition) is 1. The van der Waals surface area contributed by atoms with Crippen molar-refractivity contribution in [3.63, 3.8) is 0 Å². The van der Waals surface area contributed by atoms with E-state index in [0.717, 1.165) is 5.56 Å². The second-order valence-electron chi connectivity index (χ2n) is 7.25. The Morgan fingerprint density at radius 2 is 2.00 bits per heavy atom. The van der Waals surface area contributed by atoms with E-state index >= 15 is 0 Å². The van der Waals surface area contributed by atoms with E-state index in [0.29, 0.717) is 55.8 Å². The van der Waals surface area contributed by atoms with Crippen LogP contribution in [0.1, 0.15) is 30.4 Å². The summed E-state index contributed by atoms with van der Waals surface area (Å²) in [5.74, 6) is 0.920. The third-order valence-electron chi connectivity index (χ3n) is 5.30. The van der Waals surface area contributed by atoms with Crippen LogP contribution in [0.5, 0.6) is 11.5 Å². The van der Waals surface area contributed by atoms with Gasteiger partial charge >= 0.3 is 0 Å². The zero-order chi connectivity index (χ0) is 20.2. The van der Waals surface area contributed by atoms with Crippen molar-refractivity contribution in [1.29, 1.82) is 0 Å². The number of carbonyl (C=O) groups excluding carboxylic acids is 2. The number of ether oxygens (including phenoxy) is 2. The number of aryl methyl sites for hydroxylation is 1. The number of fused-ring (bicyclic) bond motifs is 1. The van der Waals surface area contributed by atoms with E-state index in [1.54, 1.807) is 23.1 Å². The molecule has 1 unspecified atom stereocenters. The highest BCUT2D eigenvalue weighted by molar-refractivity contribution is 5.90. The van der Waals surface area contributed by atoms with Crippen molar-refractivity contribution in [2.24, 2.45) is 0 Å². The van der Waals surface area contributed by atoms with Gasteiger partial charge in [-0.05, 0) is 48.6 Å². The van der Waals surface area contributed by atoms with Gasteiger partial charge in [-0.1, -0.05) is 24.3 Å². The van der Waals surface area contributed by atoms with Crippen molar-refractivity contribution in [3.8, 4) is 11.5 Å². The highest BCUT2D eigenvalue weighted by Crippen LogP contribution is 2.33. The normalized spacial score (nSPS) is 17.6. The minimum absolute atomic E-state index is 0.0332. The largest absolute Gasteiger partial charge is 0.454 e. The van der Waals surface area contributed by atoms with Crippen LogP contribution in [0, 0.1) is 5.82 Å². The fraction of sp³-hybridized carbons (Fsp3) is 0.364. The Morgan fingerprint density at radius 3 is 2.86 bits per heavy atom. The van der Waals surface area contributed by atoms with Gasteiger partial charge in [0.05, 0.1) is 0 Å². The summed E-state index contributed by atoms with van der Waals surface area (Å²) < 4.78 is 24.3. The maximum atomic E-state index is 13.7. The van der Waals surface area contributed by atoms with E-state index < -0.39 is 6.04 Å². The summed E-state index contributed by atoms with van der Waals surface area (Å²) in [5, 5.41) is 2.89. The van der Waals surface area contributed by atoms with Gasteiger partial charge in [0.25, 0.3) is 0 Å². The zero-order valence-corrected chi connectivity index (χ0v) is 16.0. The molecule has 0 spiro atoms. The maximum Gasteiger partial charge on any atom is 0.242 e. The quantitative estimate of drug-likeness (QED) is 0.729. The molecule has 4 rings (SSSR count). The summed E-state index contributed by atoms with van der Waals surface area (Å²) in [7, 11) is 0. The molecule has 1 fully saturated rings. The number of benzene rings is 2. The van der Waals surface area contributed by atoms with Gasteiger partial charge in [-0.3, -0.25) is 9.59 Å². The summed E-state index contributed by atoms with van der Waals surface area (Å²) in [6, 6.07) is 11.7. The SMILES string of the molecule is O=C(NCCCc1ccccc1F)C1CCC(=O)N1Cc1ccc2c(c1)OCO2. The molecule has 0 radical (unpaired) electrons. The molecule has 1 atom stereocenters. The average molecular weight is 398 g/mol. The van der Waals surface area contributed by atoms with Crippen molar-refractivity contribution in [2.45, 2.75) is 38.3 Å². The highest BCUT2D eigenvalue weighted by atomic mass is 19.1. The van der Waals surface area contributed by atoms with Gasteiger partial charge in [-0.2, -0.15) is 0 Å². The van der Waals surface area contributed by atoms with Crippen molar-refractivity contribution in [2.75, 3.05) is 13.3 Å². The van der Waals surface area contributed by atoms with Crippen LogP contribution in [0.25, 0.3) is 0 Å². The number of halogens is 1. The molecular formula is C22H23FN2O4. The molecule has 0 aromatic heterocycles.